The summed E-state index contributed by atoms with van der Waals surface area (Å²) >= 11 is 0.843. The van der Waals surface area contributed by atoms with Gasteiger partial charge < -0.3 is 5.32 Å². The lowest BCUT2D eigenvalue weighted by molar-refractivity contribution is -0.122. The van der Waals surface area contributed by atoms with Gasteiger partial charge in [0.1, 0.15) is 5.69 Å². The Morgan fingerprint density at radius 1 is 1.26 bits per heavy atom. The van der Waals surface area contributed by atoms with E-state index in [1.165, 1.54) is 19.2 Å². The van der Waals surface area contributed by atoms with Crippen LogP contribution in [0, 0.1) is 0 Å². The summed E-state index contributed by atoms with van der Waals surface area (Å²) in [6.07, 6.45) is 4.81. The summed E-state index contributed by atoms with van der Waals surface area (Å²) in [6, 6.07) is 6.07. The molecule has 2 aromatic rings. The van der Waals surface area contributed by atoms with Gasteiger partial charge in [0.25, 0.3) is 22.6 Å². The number of amides is 3. The van der Waals surface area contributed by atoms with Gasteiger partial charge in [-0.2, -0.15) is 5.10 Å². The number of carbonyl (C=O) groups excluding carboxylic acids is 3. The number of carbonyl (C=O) groups is 3. The lowest BCUT2D eigenvalue weighted by Gasteiger charge is -2.12. The van der Waals surface area contributed by atoms with E-state index in [-0.39, 0.29) is 24.3 Å². The minimum Gasteiger partial charge on any atom is -0.349 e. The molecule has 9 nitrogen and oxygen atoms in total. The maximum atomic E-state index is 12.4. The number of pyridine rings is 1. The number of aromatic nitrogens is 3. The van der Waals surface area contributed by atoms with Gasteiger partial charge in [0.2, 0.25) is 0 Å². The molecule has 3 amide bonds. The average molecular weight is 385 g/mol. The average Bonchev–Trinajstić information content (AvgIpc) is 2.92. The summed E-state index contributed by atoms with van der Waals surface area (Å²) in [5, 5.41) is 6.02. The van der Waals surface area contributed by atoms with E-state index >= 15 is 0 Å². The Bertz CT molecular complexity index is 986. The molecule has 0 spiro atoms. The Morgan fingerprint density at radius 3 is 2.78 bits per heavy atom. The molecule has 0 aliphatic carbocycles. The van der Waals surface area contributed by atoms with Gasteiger partial charge in [-0.15, -0.1) is 0 Å². The zero-order chi connectivity index (χ0) is 19.4. The van der Waals surface area contributed by atoms with E-state index < -0.39 is 17.1 Å². The highest BCUT2D eigenvalue weighted by Gasteiger charge is 2.34. The Morgan fingerprint density at radius 2 is 2.07 bits per heavy atom. The third-order valence-electron chi connectivity index (χ3n) is 3.67. The van der Waals surface area contributed by atoms with Crippen LogP contribution in [0.3, 0.4) is 0 Å². The van der Waals surface area contributed by atoms with E-state index in [0.29, 0.717) is 4.91 Å². The van der Waals surface area contributed by atoms with Gasteiger partial charge in [-0.3, -0.25) is 29.1 Å². The van der Waals surface area contributed by atoms with E-state index in [2.05, 4.69) is 15.4 Å². The van der Waals surface area contributed by atoms with Crippen molar-refractivity contribution >= 4 is 34.9 Å². The third kappa shape index (κ3) is 4.29. The van der Waals surface area contributed by atoms with Crippen molar-refractivity contribution < 1.29 is 14.4 Å². The van der Waals surface area contributed by atoms with Crippen LogP contribution in [0.25, 0.3) is 6.08 Å². The molecule has 3 heterocycles. The van der Waals surface area contributed by atoms with Gasteiger partial charge in [-0.1, -0.05) is 6.07 Å². The van der Waals surface area contributed by atoms with Crippen LogP contribution in [0.4, 0.5) is 4.79 Å². The Labute approximate surface area is 158 Å². The van der Waals surface area contributed by atoms with Gasteiger partial charge in [0.15, 0.2) is 0 Å². The predicted octanol–water partition coefficient (Wildman–Crippen LogP) is 0.642. The van der Waals surface area contributed by atoms with E-state index in [1.807, 2.05) is 0 Å². The second-order valence-corrected chi connectivity index (χ2v) is 6.55. The number of nitrogens with one attached hydrogen (secondary N) is 1. The molecular weight excluding hydrogens is 370 g/mol. The number of aryl methyl sites for hydroxylation is 1. The minimum atomic E-state index is -0.497. The lowest BCUT2D eigenvalue weighted by atomic mass is 10.2. The van der Waals surface area contributed by atoms with Crippen LogP contribution in [0.5, 0.6) is 0 Å². The molecule has 1 N–H and O–H groups in total. The Balaban J connectivity index is 1.59. The molecule has 0 radical (unpaired) electrons. The van der Waals surface area contributed by atoms with Crippen LogP contribution in [-0.4, -0.2) is 49.8 Å². The smallest absolute Gasteiger partial charge is 0.293 e. The predicted molar refractivity (Wildman–Crippen MR) is 98.7 cm³/mol. The molecule has 138 valence electrons. The van der Waals surface area contributed by atoms with Crippen LogP contribution in [0.2, 0.25) is 0 Å². The number of rotatable bonds is 5. The highest BCUT2D eigenvalue weighted by molar-refractivity contribution is 8.18. The van der Waals surface area contributed by atoms with E-state index in [1.54, 1.807) is 30.6 Å². The number of hydrogen-bond donors (Lipinski definition) is 1. The summed E-state index contributed by atoms with van der Waals surface area (Å²) in [5.41, 5.74) is 0.463. The van der Waals surface area contributed by atoms with Crippen LogP contribution in [0.15, 0.2) is 46.4 Å². The summed E-state index contributed by atoms with van der Waals surface area (Å²) in [6.45, 7) is 0.105. The fraction of sp³-hybridized carbons (Fsp3) is 0.176. The lowest BCUT2D eigenvalue weighted by Crippen LogP contribution is -2.38. The molecule has 0 aromatic carbocycles. The maximum Gasteiger partial charge on any atom is 0.293 e. The molecule has 1 aliphatic rings. The van der Waals surface area contributed by atoms with Crippen molar-refractivity contribution in [3.63, 3.8) is 0 Å². The highest BCUT2D eigenvalue weighted by Crippen LogP contribution is 2.31. The quantitative estimate of drug-likeness (QED) is 0.751. The molecule has 2 aromatic heterocycles. The standard InChI is InChI=1S/C17H15N5O4S/c1-21-14(23)5-4-12(20-21)15(24)19-7-8-22-16(25)13(27-17(22)26)9-11-3-2-6-18-10-11/h2-6,9-10H,7-8H2,1H3,(H,19,24). The van der Waals surface area contributed by atoms with Crippen molar-refractivity contribution in [2.45, 2.75) is 0 Å². The van der Waals surface area contributed by atoms with E-state index in [9.17, 15) is 19.2 Å². The van der Waals surface area contributed by atoms with Gasteiger partial charge in [0, 0.05) is 38.6 Å². The Kier molecular flexibility index (Phi) is 5.46. The fourth-order valence-corrected chi connectivity index (χ4v) is 3.17. The second kappa shape index (κ2) is 7.96. The van der Waals surface area contributed by atoms with E-state index in [0.717, 1.165) is 26.9 Å². The first-order chi connectivity index (χ1) is 13.0. The van der Waals surface area contributed by atoms with Crippen molar-refractivity contribution in [2.75, 3.05) is 13.1 Å². The van der Waals surface area contributed by atoms with Crippen LogP contribution in [-0.2, 0) is 11.8 Å². The summed E-state index contributed by atoms with van der Waals surface area (Å²) in [7, 11) is 1.44. The first kappa shape index (κ1) is 18.5. The topological polar surface area (TPSA) is 114 Å². The minimum absolute atomic E-state index is 0.0343. The summed E-state index contributed by atoms with van der Waals surface area (Å²) < 4.78 is 1.05. The molecule has 3 rings (SSSR count). The molecule has 1 aliphatic heterocycles. The maximum absolute atomic E-state index is 12.4. The zero-order valence-electron chi connectivity index (χ0n) is 14.3. The molecule has 0 saturated carbocycles. The zero-order valence-corrected chi connectivity index (χ0v) is 15.1. The Hall–Kier alpha value is -3.27. The molecule has 27 heavy (non-hydrogen) atoms. The third-order valence-corrected chi connectivity index (χ3v) is 4.58. The number of imide groups is 1. The highest BCUT2D eigenvalue weighted by atomic mass is 32.2. The van der Waals surface area contributed by atoms with Gasteiger partial charge >= 0.3 is 0 Å². The van der Waals surface area contributed by atoms with Crippen LogP contribution < -0.4 is 10.9 Å². The second-order valence-electron chi connectivity index (χ2n) is 5.56. The summed E-state index contributed by atoms with van der Waals surface area (Å²) in [4.78, 5) is 53.1. The molecule has 1 saturated heterocycles. The number of thioether (sulfide) groups is 1. The molecular formula is C17H15N5O4S. The SMILES string of the molecule is Cn1nc(C(=O)NCCN2C(=O)SC(=Cc3cccnc3)C2=O)ccc1=O. The summed E-state index contributed by atoms with van der Waals surface area (Å²) in [5.74, 6) is -0.910. The van der Waals surface area contributed by atoms with Crippen LogP contribution in [0.1, 0.15) is 16.1 Å². The fourth-order valence-electron chi connectivity index (χ4n) is 2.30. The number of nitrogens with zero attached hydrogens (tertiary/aromatic N) is 4. The molecule has 0 unspecified atom stereocenters. The normalized spacial score (nSPS) is 15.4. The van der Waals surface area contributed by atoms with Crippen molar-refractivity contribution in [1.82, 2.24) is 25.0 Å². The molecule has 0 atom stereocenters. The molecule has 1 fully saturated rings. The van der Waals surface area contributed by atoms with Gasteiger partial charge in [-0.25, -0.2) is 4.68 Å². The van der Waals surface area contributed by atoms with Crippen molar-refractivity contribution in [1.29, 1.82) is 0 Å². The first-order valence-electron chi connectivity index (χ1n) is 7.93. The monoisotopic (exact) mass is 385 g/mol. The van der Waals surface area contributed by atoms with Crippen LogP contribution >= 0.6 is 11.8 Å². The molecule has 10 heteroatoms. The van der Waals surface area contributed by atoms with Gasteiger partial charge in [0.05, 0.1) is 4.91 Å². The van der Waals surface area contributed by atoms with Gasteiger partial charge in [-0.05, 0) is 35.5 Å². The van der Waals surface area contributed by atoms with Crippen molar-refractivity contribution in [3.05, 3.63) is 63.2 Å². The largest absolute Gasteiger partial charge is 0.349 e. The van der Waals surface area contributed by atoms with E-state index in [4.69, 9.17) is 0 Å². The first-order valence-corrected chi connectivity index (χ1v) is 8.75. The van der Waals surface area contributed by atoms with Crippen molar-refractivity contribution in [3.8, 4) is 0 Å². The number of hydrogen-bond acceptors (Lipinski definition) is 7. The van der Waals surface area contributed by atoms with Crippen molar-refractivity contribution in [2.24, 2.45) is 7.05 Å². The molecule has 0 bridgehead atoms.